The van der Waals surface area contributed by atoms with Crippen molar-refractivity contribution >= 4 is 46.9 Å². The van der Waals surface area contributed by atoms with Gasteiger partial charge in [-0.1, -0.05) is 51.1 Å². The van der Waals surface area contributed by atoms with Gasteiger partial charge in [0.25, 0.3) is 5.91 Å². The van der Waals surface area contributed by atoms with Crippen molar-refractivity contribution in [2.75, 3.05) is 39.0 Å². The number of thiazole rings is 1. The Morgan fingerprint density at radius 1 is 1.07 bits per heavy atom. The Labute approximate surface area is 367 Å². The van der Waals surface area contributed by atoms with Gasteiger partial charge in [0.15, 0.2) is 5.67 Å². The summed E-state index contributed by atoms with van der Waals surface area (Å²) in [5, 5.41) is 19.3. The molecule has 0 spiro atoms. The van der Waals surface area contributed by atoms with Crippen LogP contribution in [0, 0.1) is 12.3 Å². The number of aliphatic hydroxyl groups is 1. The number of aryl methyl sites for hydroxylation is 1. The molecule has 1 saturated carbocycles. The summed E-state index contributed by atoms with van der Waals surface area (Å²) in [4.78, 5) is 63.1. The molecule has 1 saturated heterocycles. The van der Waals surface area contributed by atoms with Gasteiger partial charge in [0.05, 0.1) is 28.8 Å². The van der Waals surface area contributed by atoms with Crippen molar-refractivity contribution < 1.29 is 38.1 Å². The number of β-amino-alcohol motifs (C(OH)–C–C–N with tert-alkyl or cyclic N) is 1. The summed E-state index contributed by atoms with van der Waals surface area (Å²) in [6, 6.07) is 13.7. The minimum atomic E-state index is -1.97. The highest BCUT2D eigenvalue weighted by molar-refractivity contribution is 7.99. The topological polar surface area (TPSA) is 162 Å². The number of alkyl halides is 1. The standard InChI is InChI=1S/C45H63FN6O7S2/c1-29-37(61-28-48-29)30-15-16-31(25-47-39(54)35-24-33(53)26-52(35)40(55)38(43(2,3)4)50-41(56)45(46)18-19-45)36(23-30)58-22-12-20-51(8)21-17-32(49-42(57)59-44(5,6)7)27-60-34-13-10-9-11-14-34/h9-11,13-16,23,28,32-33,35,38,53H,12,17-22,24-27H2,1-8H3,(H,47,54)(H,49,57)(H,50,56)/t32?,33-,35+,38-/m1/s1. The van der Waals surface area contributed by atoms with Crippen molar-refractivity contribution in [2.45, 2.75) is 128 Å². The van der Waals surface area contributed by atoms with E-state index in [0.717, 1.165) is 46.1 Å². The summed E-state index contributed by atoms with van der Waals surface area (Å²) in [5.41, 5.74) is 1.01. The van der Waals surface area contributed by atoms with Crippen LogP contribution in [0.4, 0.5) is 9.18 Å². The highest BCUT2D eigenvalue weighted by atomic mass is 32.2. The van der Waals surface area contributed by atoms with E-state index in [1.165, 1.54) is 16.2 Å². The van der Waals surface area contributed by atoms with Crippen LogP contribution in [0.15, 0.2) is 58.9 Å². The number of ether oxygens (including phenoxy) is 2. The van der Waals surface area contributed by atoms with Crippen LogP contribution in [0.1, 0.15) is 84.9 Å². The van der Waals surface area contributed by atoms with Gasteiger partial charge < -0.3 is 40.3 Å². The van der Waals surface area contributed by atoms with Crippen LogP contribution in [-0.2, 0) is 25.7 Å². The van der Waals surface area contributed by atoms with E-state index in [0.29, 0.717) is 24.5 Å². The number of rotatable bonds is 19. The number of benzene rings is 2. The maximum atomic E-state index is 14.6. The lowest BCUT2D eigenvalue weighted by Crippen LogP contribution is -2.59. The fourth-order valence-electron chi connectivity index (χ4n) is 6.96. The van der Waals surface area contributed by atoms with Gasteiger partial charge in [0.2, 0.25) is 11.8 Å². The highest BCUT2D eigenvalue weighted by Gasteiger charge is 2.53. The maximum Gasteiger partial charge on any atom is 0.407 e. The van der Waals surface area contributed by atoms with Gasteiger partial charge >= 0.3 is 6.09 Å². The second kappa shape index (κ2) is 20.7. The molecule has 0 bridgehead atoms. The van der Waals surface area contributed by atoms with Crippen LogP contribution in [0.2, 0.25) is 0 Å². The molecule has 1 unspecified atom stereocenters. The van der Waals surface area contributed by atoms with Gasteiger partial charge in [-0.05, 0) is 96.1 Å². The molecule has 2 aliphatic rings. The van der Waals surface area contributed by atoms with E-state index in [1.54, 1.807) is 38.0 Å². The number of aliphatic hydroxyl groups excluding tert-OH is 1. The normalized spacial score (nSPS) is 18.3. The lowest BCUT2D eigenvalue weighted by Gasteiger charge is -2.35. The van der Waals surface area contributed by atoms with E-state index >= 15 is 0 Å². The number of alkyl carbamates (subject to hydrolysis) is 1. The third-order valence-electron chi connectivity index (χ3n) is 10.6. The van der Waals surface area contributed by atoms with Gasteiger partial charge in [0, 0.05) is 48.3 Å². The number of amides is 4. The average Bonchev–Trinajstić information content (AvgIpc) is 3.60. The number of hydrogen-bond acceptors (Lipinski definition) is 11. The average molecular weight is 883 g/mol. The Hall–Kier alpha value is -4.25. The molecular formula is C45H63FN6O7S2. The molecule has 2 fully saturated rings. The second-order valence-corrected chi connectivity index (χ2v) is 20.2. The van der Waals surface area contributed by atoms with Crippen molar-refractivity contribution in [1.82, 2.24) is 30.7 Å². The number of aromatic nitrogens is 1. The molecular weight excluding hydrogens is 820 g/mol. The molecule has 13 nitrogen and oxygen atoms in total. The quantitative estimate of drug-likeness (QED) is 0.0772. The van der Waals surface area contributed by atoms with Crippen molar-refractivity contribution in [2.24, 2.45) is 5.41 Å². The van der Waals surface area contributed by atoms with E-state index in [-0.39, 0.29) is 38.4 Å². The molecule has 0 radical (unpaired) electrons. The van der Waals surface area contributed by atoms with E-state index in [2.05, 4.69) is 38.0 Å². The SMILES string of the molecule is Cc1ncsc1-c1ccc(CNC(=O)[C@@H]2C[C@@H](O)CN2C(=O)[C@@H](NC(=O)C2(F)CC2)C(C)(C)C)c(OCCCN(C)CCC(CSc2ccccc2)NC(=O)OC(C)(C)C)c1. The molecule has 334 valence electrons. The predicted octanol–water partition coefficient (Wildman–Crippen LogP) is 6.51. The van der Waals surface area contributed by atoms with Crippen LogP contribution in [-0.4, -0.2) is 118 Å². The zero-order chi connectivity index (χ0) is 44.5. The number of nitrogens with zero attached hydrogens (tertiary/aromatic N) is 3. The molecule has 5 rings (SSSR count). The minimum absolute atomic E-state index is 0.0274. The van der Waals surface area contributed by atoms with Gasteiger partial charge in [-0.15, -0.1) is 23.1 Å². The first kappa shape index (κ1) is 47.8. The third kappa shape index (κ3) is 14.1. The summed E-state index contributed by atoms with van der Waals surface area (Å²) < 4.78 is 26.6. The molecule has 1 aliphatic carbocycles. The number of carbonyl (C=O) groups is 4. The number of likely N-dealkylation sites (tertiary alicyclic amines) is 1. The molecule has 4 amide bonds. The number of thioether (sulfide) groups is 1. The van der Waals surface area contributed by atoms with Crippen LogP contribution in [0.5, 0.6) is 5.75 Å². The zero-order valence-electron chi connectivity index (χ0n) is 36.7. The maximum absolute atomic E-state index is 14.6. The molecule has 1 aliphatic heterocycles. The fourth-order valence-corrected chi connectivity index (χ4v) is 8.76. The first-order chi connectivity index (χ1) is 28.7. The van der Waals surface area contributed by atoms with Crippen molar-refractivity contribution in [3.63, 3.8) is 0 Å². The molecule has 2 aromatic carbocycles. The summed E-state index contributed by atoms with van der Waals surface area (Å²) in [6.45, 7) is 14.7. The van der Waals surface area contributed by atoms with E-state index in [9.17, 15) is 28.7 Å². The van der Waals surface area contributed by atoms with E-state index in [1.807, 2.05) is 71.1 Å². The molecule has 61 heavy (non-hydrogen) atoms. The van der Waals surface area contributed by atoms with Gasteiger partial charge in [-0.3, -0.25) is 14.4 Å². The Kier molecular flexibility index (Phi) is 16.3. The number of halogens is 1. The Morgan fingerprint density at radius 3 is 2.43 bits per heavy atom. The van der Waals surface area contributed by atoms with Crippen LogP contribution in [0.3, 0.4) is 0 Å². The summed E-state index contributed by atoms with van der Waals surface area (Å²) in [7, 11) is 2.04. The van der Waals surface area contributed by atoms with Gasteiger partial charge in [0.1, 0.15) is 23.4 Å². The van der Waals surface area contributed by atoms with Crippen LogP contribution in [0.25, 0.3) is 10.4 Å². The smallest absolute Gasteiger partial charge is 0.407 e. The molecule has 3 aromatic rings. The van der Waals surface area contributed by atoms with Gasteiger partial charge in [-0.2, -0.15) is 0 Å². The van der Waals surface area contributed by atoms with Crippen molar-refractivity contribution in [3.05, 3.63) is 65.3 Å². The lowest BCUT2D eigenvalue weighted by molar-refractivity contribution is -0.145. The molecule has 1 aromatic heterocycles. The Balaban J connectivity index is 1.19. The fraction of sp³-hybridized carbons (Fsp3) is 0.578. The Bertz CT molecular complexity index is 1970. The number of nitrogens with one attached hydrogen (secondary N) is 3. The van der Waals surface area contributed by atoms with E-state index in [4.69, 9.17) is 9.47 Å². The minimum Gasteiger partial charge on any atom is -0.493 e. The first-order valence-corrected chi connectivity index (χ1v) is 22.9. The Morgan fingerprint density at radius 2 is 1.79 bits per heavy atom. The lowest BCUT2D eigenvalue weighted by atomic mass is 9.85. The summed E-state index contributed by atoms with van der Waals surface area (Å²) in [5.74, 6) is -0.525. The monoisotopic (exact) mass is 882 g/mol. The third-order valence-corrected chi connectivity index (χ3v) is 12.7. The second-order valence-electron chi connectivity index (χ2n) is 18.2. The highest BCUT2D eigenvalue weighted by Crippen LogP contribution is 2.40. The van der Waals surface area contributed by atoms with E-state index < -0.39 is 58.7 Å². The van der Waals surface area contributed by atoms with Crippen molar-refractivity contribution in [3.8, 4) is 16.2 Å². The molecule has 4 atom stereocenters. The zero-order valence-corrected chi connectivity index (χ0v) is 38.3. The number of carbonyl (C=O) groups excluding carboxylic acids is 4. The predicted molar refractivity (Wildman–Crippen MR) is 237 cm³/mol. The van der Waals surface area contributed by atoms with Crippen molar-refractivity contribution in [1.29, 1.82) is 0 Å². The molecule has 2 heterocycles. The summed E-state index contributed by atoms with van der Waals surface area (Å²) >= 11 is 3.22. The number of hydrogen-bond donors (Lipinski definition) is 4. The largest absolute Gasteiger partial charge is 0.493 e. The molecule has 16 heteroatoms. The van der Waals surface area contributed by atoms with Crippen LogP contribution >= 0.6 is 23.1 Å². The van der Waals surface area contributed by atoms with Crippen LogP contribution < -0.4 is 20.7 Å². The summed E-state index contributed by atoms with van der Waals surface area (Å²) in [6.07, 6.45) is 0.305. The first-order valence-electron chi connectivity index (χ1n) is 21.0. The molecule has 4 N–H and O–H groups in total. The van der Waals surface area contributed by atoms with Gasteiger partial charge in [-0.25, -0.2) is 14.2 Å².